The lowest BCUT2D eigenvalue weighted by Gasteiger charge is -2.51. The van der Waals surface area contributed by atoms with E-state index in [1.807, 2.05) is 44.7 Å². The summed E-state index contributed by atoms with van der Waals surface area (Å²) in [5.74, 6) is -4.42. The molecule has 3 fully saturated rings. The number of aliphatic hydroxyl groups excluding tert-OH is 3. The molecule has 69 heavy (non-hydrogen) atoms. The first kappa shape index (κ1) is 57.0. The van der Waals surface area contributed by atoms with Gasteiger partial charge in [0.25, 0.3) is 0 Å². The highest BCUT2D eigenvalue weighted by Gasteiger charge is 2.55. The lowest BCUT2D eigenvalue weighted by molar-refractivity contribution is -0.302. The zero-order chi connectivity index (χ0) is 51.7. The van der Waals surface area contributed by atoms with Crippen molar-refractivity contribution in [1.82, 2.24) is 24.8 Å². The van der Waals surface area contributed by atoms with Gasteiger partial charge in [-0.1, -0.05) is 39.0 Å². The second-order valence-electron chi connectivity index (χ2n) is 21.2. The van der Waals surface area contributed by atoms with Gasteiger partial charge in [0.15, 0.2) is 6.29 Å². The Kier molecular flexibility index (Phi) is 18.6. The molecule has 2 aromatic rings. The SMILES string of the molecule is CC[C@H]1OC(=O)[C@H](C)[C@@H](C2C[C@@](C)(OC)[C@@H](O)[C@H](C)O2)[C@H](C)[C@@H](O[C@@H]2O[C@H](C)C[C@H](N(C)CCc3cn(Cc4ccc(F)cc4C(F)(F)F)nn3)[C@H]2O)[C@](C)(O)C[C@@H](C)CN(C)[C@H](C)[C@@H](O)[C@]1(C)O. The molecule has 1 unspecified atom stereocenters. The van der Waals surface area contributed by atoms with Crippen LogP contribution in [0.1, 0.15) is 112 Å². The molecule has 0 aliphatic carbocycles. The number of cyclic esters (lactones) is 1. The van der Waals surface area contributed by atoms with Crippen molar-refractivity contribution in [1.29, 1.82) is 0 Å². The number of esters is 1. The molecule has 4 heterocycles. The predicted molar refractivity (Wildman–Crippen MR) is 246 cm³/mol. The van der Waals surface area contributed by atoms with Crippen molar-refractivity contribution in [3.8, 4) is 0 Å². The molecule has 0 spiro atoms. The molecule has 0 amide bonds. The van der Waals surface area contributed by atoms with E-state index in [9.17, 15) is 47.9 Å². The average Bonchev–Trinajstić information content (AvgIpc) is 3.72. The van der Waals surface area contributed by atoms with E-state index in [-0.39, 0.29) is 37.3 Å². The summed E-state index contributed by atoms with van der Waals surface area (Å²) >= 11 is 0. The van der Waals surface area contributed by atoms with Gasteiger partial charge < -0.3 is 59.0 Å². The molecule has 5 rings (SSSR count). The van der Waals surface area contributed by atoms with Gasteiger partial charge in [-0.05, 0) is 104 Å². The summed E-state index contributed by atoms with van der Waals surface area (Å²) in [5, 5.41) is 68.0. The standard InChI is InChI=1S/C49H79F4N5O11/c1-14-38-48(10,64)41(60)30(6)57(12)23-26(2)21-46(8,63)43(28(4)39(29(5)44(62)68-38)37-22-47(9,65-13)42(61)31(7)67-37)69-45-40(59)36(19-27(3)66-45)56(11)18-17-34-25-58(55-54-34)24-32-15-16-33(50)20-35(32)49(51,52)53/h15-16,20,25-31,36-43,45,59-61,63-64H,14,17-19,21-24H2,1-13H3/t26-,27-,28+,29-,30-,31+,36+,37?,38-,39+,40-,41-,42+,43-,45+,46-,47-,48-/m1/s1. The molecule has 0 saturated carbocycles. The van der Waals surface area contributed by atoms with Crippen molar-refractivity contribution in [2.45, 2.75) is 198 Å². The van der Waals surface area contributed by atoms with Crippen LogP contribution in [0.5, 0.6) is 0 Å². The number of halogens is 4. The van der Waals surface area contributed by atoms with E-state index in [1.54, 1.807) is 41.5 Å². The first-order valence-electron chi connectivity index (χ1n) is 24.3. The molecule has 1 aromatic heterocycles. The van der Waals surface area contributed by atoms with Crippen LogP contribution < -0.4 is 0 Å². The number of nitrogens with zero attached hydrogens (tertiary/aromatic N) is 5. The summed E-state index contributed by atoms with van der Waals surface area (Å²) in [5.41, 5.74) is -5.38. The number of carbonyl (C=O) groups is 1. The zero-order valence-electron chi connectivity index (χ0n) is 42.6. The fourth-order valence-electron chi connectivity index (χ4n) is 11.3. The minimum Gasteiger partial charge on any atom is -0.459 e. The third-order valence-corrected chi connectivity index (χ3v) is 15.5. The van der Waals surface area contributed by atoms with Gasteiger partial charge in [0.05, 0.1) is 59.3 Å². The summed E-state index contributed by atoms with van der Waals surface area (Å²) in [6, 6.07) is 1.35. The average molecular weight is 990 g/mol. The smallest absolute Gasteiger partial charge is 0.416 e. The van der Waals surface area contributed by atoms with Crippen LogP contribution in [0.4, 0.5) is 17.6 Å². The second-order valence-corrected chi connectivity index (χ2v) is 21.2. The number of benzene rings is 1. The van der Waals surface area contributed by atoms with Crippen molar-refractivity contribution in [2.75, 3.05) is 34.3 Å². The summed E-state index contributed by atoms with van der Waals surface area (Å²) in [7, 11) is 5.12. The van der Waals surface area contributed by atoms with Crippen LogP contribution >= 0.6 is 0 Å². The molecule has 3 aliphatic heterocycles. The Morgan fingerprint density at radius 3 is 2.29 bits per heavy atom. The van der Waals surface area contributed by atoms with Crippen molar-refractivity contribution in [3.05, 3.63) is 47.0 Å². The van der Waals surface area contributed by atoms with E-state index in [0.717, 1.165) is 12.1 Å². The maximum atomic E-state index is 14.6. The topological polar surface area (TPSA) is 202 Å². The van der Waals surface area contributed by atoms with E-state index >= 15 is 0 Å². The minimum absolute atomic E-state index is 0.143. The van der Waals surface area contributed by atoms with Crippen LogP contribution in [0.25, 0.3) is 0 Å². The lowest BCUT2D eigenvalue weighted by atomic mass is 9.68. The maximum Gasteiger partial charge on any atom is 0.416 e. The Morgan fingerprint density at radius 1 is 1.00 bits per heavy atom. The molecular weight excluding hydrogens is 911 g/mol. The molecule has 5 N–H and O–H groups in total. The first-order valence-corrected chi connectivity index (χ1v) is 24.3. The van der Waals surface area contributed by atoms with E-state index in [0.29, 0.717) is 37.7 Å². The summed E-state index contributed by atoms with van der Waals surface area (Å²) in [6.07, 6.45) is -11.1. The van der Waals surface area contributed by atoms with Crippen molar-refractivity contribution in [2.24, 2.45) is 23.7 Å². The molecular formula is C49H79F4N5O11. The fraction of sp³-hybridized carbons (Fsp3) is 0.816. The van der Waals surface area contributed by atoms with Crippen LogP contribution in [0, 0.1) is 29.5 Å². The highest BCUT2D eigenvalue weighted by atomic mass is 19.4. The van der Waals surface area contributed by atoms with Gasteiger partial charge in [-0.2, -0.15) is 13.2 Å². The van der Waals surface area contributed by atoms with Gasteiger partial charge in [0, 0.05) is 57.2 Å². The number of hydrogen-bond acceptors (Lipinski definition) is 15. The number of rotatable bonds is 11. The number of aliphatic hydroxyl groups is 5. The molecule has 3 saturated heterocycles. The predicted octanol–water partition coefficient (Wildman–Crippen LogP) is 4.58. The molecule has 3 aliphatic rings. The number of alkyl halides is 3. The number of aromatic nitrogens is 3. The Balaban J connectivity index is 1.47. The van der Waals surface area contributed by atoms with E-state index in [4.69, 9.17) is 23.7 Å². The first-order chi connectivity index (χ1) is 31.9. The van der Waals surface area contributed by atoms with Crippen LogP contribution in [-0.2, 0) is 47.6 Å². The Bertz CT molecular complexity index is 2000. The molecule has 1 aromatic carbocycles. The number of likely N-dealkylation sites (N-methyl/N-ethyl adjacent to an activating group) is 2. The maximum absolute atomic E-state index is 14.6. The normalized spacial score (nSPS) is 40.6. The van der Waals surface area contributed by atoms with Crippen LogP contribution in [-0.4, -0.2) is 175 Å². The number of carbonyl (C=O) groups excluding carboxylic acids is 1. The molecule has 20 heteroatoms. The summed E-state index contributed by atoms with van der Waals surface area (Å²) in [4.78, 5) is 18.4. The Hall–Kier alpha value is -2.89. The van der Waals surface area contributed by atoms with E-state index in [2.05, 4.69) is 10.3 Å². The van der Waals surface area contributed by atoms with Crippen molar-refractivity contribution in [3.63, 3.8) is 0 Å². The quantitative estimate of drug-likeness (QED) is 0.155. The van der Waals surface area contributed by atoms with Crippen LogP contribution in [0.2, 0.25) is 0 Å². The molecule has 0 radical (unpaired) electrons. The molecule has 18 atom stereocenters. The van der Waals surface area contributed by atoms with Crippen molar-refractivity contribution < 1.29 is 71.6 Å². The Morgan fingerprint density at radius 2 is 1.67 bits per heavy atom. The summed E-state index contributed by atoms with van der Waals surface area (Å²) < 4.78 is 88.0. The summed E-state index contributed by atoms with van der Waals surface area (Å²) in [6.45, 7) is 17.9. The molecule has 16 nitrogen and oxygen atoms in total. The third-order valence-electron chi connectivity index (χ3n) is 15.5. The third kappa shape index (κ3) is 13.0. The Labute approximate surface area is 404 Å². The van der Waals surface area contributed by atoms with Crippen LogP contribution in [0.3, 0.4) is 0 Å². The van der Waals surface area contributed by atoms with Crippen LogP contribution in [0.15, 0.2) is 24.4 Å². The molecule has 394 valence electrons. The van der Waals surface area contributed by atoms with Gasteiger partial charge in [-0.3, -0.25) is 4.79 Å². The highest BCUT2D eigenvalue weighted by molar-refractivity contribution is 5.73. The van der Waals surface area contributed by atoms with Gasteiger partial charge in [0.2, 0.25) is 0 Å². The van der Waals surface area contributed by atoms with E-state index < -0.39 is 125 Å². The monoisotopic (exact) mass is 990 g/mol. The van der Waals surface area contributed by atoms with Gasteiger partial charge in [-0.15, -0.1) is 5.10 Å². The van der Waals surface area contributed by atoms with E-state index in [1.165, 1.54) is 24.9 Å². The highest BCUT2D eigenvalue weighted by Crippen LogP contribution is 2.45. The number of ether oxygens (including phenoxy) is 5. The van der Waals surface area contributed by atoms with Crippen molar-refractivity contribution >= 4 is 5.97 Å². The zero-order valence-corrected chi connectivity index (χ0v) is 42.6. The van der Waals surface area contributed by atoms with Gasteiger partial charge in [0.1, 0.15) is 35.8 Å². The number of hydrogen-bond donors (Lipinski definition) is 5. The number of methoxy groups -OCH3 is 1. The molecule has 0 bridgehead atoms. The minimum atomic E-state index is -4.76. The fourth-order valence-corrected chi connectivity index (χ4v) is 11.3. The lowest BCUT2D eigenvalue weighted by Crippen LogP contribution is -2.62. The van der Waals surface area contributed by atoms with Gasteiger partial charge in [-0.25, -0.2) is 9.07 Å². The largest absolute Gasteiger partial charge is 0.459 e. The van der Waals surface area contributed by atoms with Gasteiger partial charge >= 0.3 is 12.1 Å². The second kappa shape index (κ2) is 22.5.